The number of pyridine rings is 1. The minimum absolute atomic E-state index is 0.208. The highest BCUT2D eigenvalue weighted by Crippen LogP contribution is 2.18. The summed E-state index contributed by atoms with van der Waals surface area (Å²) in [4.78, 5) is 15.7. The van der Waals surface area contributed by atoms with Crippen LogP contribution in [0.15, 0.2) is 36.5 Å². The third-order valence-electron chi connectivity index (χ3n) is 3.22. The van der Waals surface area contributed by atoms with E-state index in [9.17, 15) is 9.18 Å². The number of hydrogen-bond acceptors (Lipinski definition) is 5. The maximum absolute atomic E-state index is 14.0. The molecule has 124 valence electrons. The zero-order valence-electron chi connectivity index (χ0n) is 13.3. The summed E-state index contributed by atoms with van der Waals surface area (Å²) >= 11 is 0. The van der Waals surface area contributed by atoms with Gasteiger partial charge in [0, 0.05) is 6.07 Å². The number of ether oxygens (including phenoxy) is 2. The third kappa shape index (κ3) is 4.78. The quantitative estimate of drug-likeness (QED) is 0.438. The first-order valence-electron chi connectivity index (χ1n) is 7.64. The molecule has 0 radical (unpaired) electrons. The van der Waals surface area contributed by atoms with Crippen molar-refractivity contribution in [2.24, 2.45) is 0 Å². The Morgan fingerprint density at radius 2 is 2.00 bits per heavy atom. The summed E-state index contributed by atoms with van der Waals surface area (Å²) in [5, 5.41) is 8.71. The van der Waals surface area contributed by atoms with Gasteiger partial charge in [-0.05, 0) is 30.7 Å². The molecule has 2 rings (SSSR count). The number of carbonyl (C=O) groups is 1. The number of hydrogen-bond donors (Lipinski definition) is 0. The SMILES string of the molecule is CCCCCOc1cnc(C(=O)Oc2ccc(C#N)cc2)c(F)c1. The van der Waals surface area contributed by atoms with Crippen molar-refractivity contribution in [3.8, 4) is 17.6 Å². The number of aromatic nitrogens is 1. The lowest BCUT2D eigenvalue weighted by Crippen LogP contribution is -2.13. The number of rotatable bonds is 7. The molecule has 0 aliphatic carbocycles. The second-order valence-corrected chi connectivity index (χ2v) is 5.08. The number of esters is 1. The summed E-state index contributed by atoms with van der Waals surface area (Å²) in [6.45, 7) is 2.56. The van der Waals surface area contributed by atoms with Crippen LogP contribution in [0.1, 0.15) is 42.2 Å². The van der Waals surface area contributed by atoms with Crippen LogP contribution in [0, 0.1) is 17.1 Å². The lowest BCUT2D eigenvalue weighted by Gasteiger charge is -2.08. The van der Waals surface area contributed by atoms with Crippen molar-refractivity contribution < 1.29 is 18.7 Å². The Bertz CT molecular complexity index is 739. The number of halogens is 1. The molecule has 0 bridgehead atoms. The van der Waals surface area contributed by atoms with Gasteiger partial charge in [-0.1, -0.05) is 19.8 Å². The van der Waals surface area contributed by atoms with Crippen molar-refractivity contribution in [3.05, 3.63) is 53.6 Å². The Hall–Kier alpha value is -2.94. The molecule has 1 heterocycles. The highest BCUT2D eigenvalue weighted by Gasteiger charge is 2.17. The maximum Gasteiger partial charge on any atom is 0.365 e. The molecule has 0 atom stereocenters. The fourth-order valence-electron chi connectivity index (χ4n) is 1.94. The fourth-order valence-corrected chi connectivity index (χ4v) is 1.94. The predicted molar refractivity (Wildman–Crippen MR) is 85.3 cm³/mol. The van der Waals surface area contributed by atoms with E-state index in [1.165, 1.54) is 30.5 Å². The monoisotopic (exact) mass is 328 g/mol. The van der Waals surface area contributed by atoms with E-state index in [2.05, 4.69) is 11.9 Å². The lowest BCUT2D eigenvalue weighted by molar-refractivity contribution is 0.0723. The molecule has 5 nitrogen and oxygen atoms in total. The molecule has 0 unspecified atom stereocenters. The smallest absolute Gasteiger partial charge is 0.365 e. The number of unbranched alkanes of at least 4 members (excludes halogenated alkanes) is 2. The topological polar surface area (TPSA) is 72.2 Å². The average Bonchev–Trinajstić information content (AvgIpc) is 2.59. The maximum atomic E-state index is 14.0. The highest BCUT2D eigenvalue weighted by molar-refractivity contribution is 5.89. The van der Waals surface area contributed by atoms with Gasteiger partial charge in [-0.25, -0.2) is 14.2 Å². The first-order valence-corrected chi connectivity index (χ1v) is 7.64. The number of benzene rings is 1. The normalized spacial score (nSPS) is 10.0. The van der Waals surface area contributed by atoms with E-state index in [4.69, 9.17) is 14.7 Å². The largest absolute Gasteiger partial charge is 0.492 e. The van der Waals surface area contributed by atoms with Crippen LogP contribution in [0.4, 0.5) is 4.39 Å². The van der Waals surface area contributed by atoms with Crippen molar-refractivity contribution in [1.29, 1.82) is 5.26 Å². The Labute approximate surface area is 139 Å². The van der Waals surface area contributed by atoms with Crippen molar-refractivity contribution in [3.63, 3.8) is 0 Å². The molecule has 0 fully saturated rings. The van der Waals surface area contributed by atoms with Crippen LogP contribution in [-0.4, -0.2) is 17.6 Å². The molecule has 1 aromatic carbocycles. The van der Waals surface area contributed by atoms with Crippen molar-refractivity contribution in [2.45, 2.75) is 26.2 Å². The van der Waals surface area contributed by atoms with Crippen molar-refractivity contribution in [1.82, 2.24) is 4.98 Å². The van der Waals surface area contributed by atoms with Gasteiger partial charge in [0.15, 0.2) is 11.5 Å². The van der Waals surface area contributed by atoms with Crippen molar-refractivity contribution >= 4 is 5.97 Å². The Kier molecular flexibility index (Phi) is 6.26. The minimum atomic E-state index is -0.908. The van der Waals surface area contributed by atoms with E-state index in [1.807, 2.05) is 6.07 Å². The molecule has 0 saturated heterocycles. The molecule has 0 amide bonds. The van der Waals surface area contributed by atoms with E-state index in [0.29, 0.717) is 12.2 Å². The predicted octanol–water partition coefficient (Wildman–Crippen LogP) is 3.88. The summed E-state index contributed by atoms with van der Waals surface area (Å²) in [5.74, 6) is -1.23. The van der Waals surface area contributed by atoms with Gasteiger partial charge in [-0.3, -0.25) is 0 Å². The van der Waals surface area contributed by atoms with Gasteiger partial charge in [-0.15, -0.1) is 0 Å². The van der Waals surface area contributed by atoms with Crippen LogP contribution in [0.3, 0.4) is 0 Å². The number of nitriles is 1. The first kappa shape index (κ1) is 17.4. The summed E-state index contributed by atoms with van der Waals surface area (Å²) in [6.07, 6.45) is 4.27. The Balaban J connectivity index is 2.00. The first-order chi connectivity index (χ1) is 11.6. The van der Waals surface area contributed by atoms with E-state index in [-0.39, 0.29) is 11.5 Å². The van der Waals surface area contributed by atoms with Gasteiger partial charge in [0.2, 0.25) is 0 Å². The zero-order chi connectivity index (χ0) is 17.4. The molecule has 0 N–H and O–H groups in total. The molecule has 0 aliphatic rings. The number of carbonyl (C=O) groups excluding carboxylic acids is 1. The molecule has 6 heteroatoms. The summed E-state index contributed by atoms with van der Waals surface area (Å²) in [7, 11) is 0. The fraction of sp³-hybridized carbons (Fsp3) is 0.278. The highest BCUT2D eigenvalue weighted by atomic mass is 19.1. The standard InChI is InChI=1S/C18H17FN2O3/c1-2-3-4-9-23-15-10-16(19)17(21-12-15)18(22)24-14-7-5-13(11-20)6-8-14/h5-8,10,12H,2-4,9H2,1H3. The second kappa shape index (κ2) is 8.63. The Morgan fingerprint density at radius 3 is 2.62 bits per heavy atom. The average molecular weight is 328 g/mol. The van der Waals surface area contributed by atoms with E-state index >= 15 is 0 Å². The van der Waals surface area contributed by atoms with E-state index < -0.39 is 17.5 Å². The van der Waals surface area contributed by atoms with Gasteiger partial charge >= 0.3 is 5.97 Å². The zero-order valence-corrected chi connectivity index (χ0v) is 13.3. The Morgan fingerprint density at radius 1 is 1.25 bits per heavy atom. The van der Waals surface area contributed by atoms with Gasteiger partial charge in [-0.2, -0.15) is 5.26 Å². The van der Waals surface area contributed by atoms with Crippen molar-refractivity contribution in [2.75, 3.05) is 6.61 Å². The van der Waals surface area contributed by atoms with Gasteiger partial charge in [0.1, 0.15) is 11.5 Å². The van der Waals surface area contributed by atoms with E-state index in [1.54, 1.807) is 0 Å². The molecule has 0 saturated carbocycles. The van der Waals surface area contributed by atoms with Crippen LogP contribution in [0.5, 0.6) is 11.5 Å². The van der Waals surface area contributed by atoms with Gasteiger partial charge < -0.3 is 9.47 Å². The second-order valence-electron chi connectivity index (χ2n) is 5.08. The minimum Gasteiger partial charge on any atom is -0.492 e. The number of nitrogens with zero attached hydrogens (tertiary/aromatic N) is 2. The van der Waals surface area contributed by atoms with Crippen LogP contribution < -0.4 is 9.47 Å². The molecule has 0 aliphatic heterocycles. The van der Waals surface area contributed by atoms with Crippen LogP contribution in [0.25, 0.3) is 0 Å². The molecular formula is C18H17FN2O3. The summed E-state index contributed by atoms with van der Waals surface area (Å²) < 4.78 is 24.4. The van der Waals surface area contributed by atoms with Crippen LogP contribution in [0.2, 0.25) is 0 Å². The van der Waals surface area contributed by atoms with Crippen LogP contribution in [-0.2, 0) is 0 Å². The lowest BCUT2D eigenvalue weighted by atomic mass is 10.2. The summed E-state index contributed by atoms with van der Waals surface area (Å²) in [6, 6.07) is 8.99. The molecule has 2 aromatic rings. The summed E-state index contributed by atoms with van der Waals surface area (Å²) in [5.41, 5.74) is 0.0175. The van der Waals surface area contributed by atoms with Gasteiger partial charge in [0.05, 0.1) is 24.4 Å². The molecular weight excluding hydrogens is 311 g/mol. The van der Waals surface area contributed by atoms with Crippen LogP contribution >= 0.6 is 0 Å². The third-order valence-corrected chi connectivity index (χ3v) is 3.22. The molecule has 0 spiro atoms. The molecule has 1 aromatic heterocycles. The van der Waals surface area contributed by atoms with Gasteiger partial charge in [0.25, 0.3) is 0 Å². The molecule has 24 heavy (non-hydrogen) atoms. The van der Waals surface area contributed by atoms with E-state index in [0.717, 1.165) is 25.3 Å².